The van der Waals surface area contributed by atoms with Crippen LogP contribution >= 0.6 is 23.4 Å². The van der Waals surface area contributed by atoms with Crippen molar-refractivity contribution in [2.75, 3.05) is 12.4 Å². The summed E-state index contributed by atoms with van der Waals surface area (Å²) >= 11 is 7.40. The number of fused-ring (bicyclic) bond motifs is 1. The van der Waals surface area contributed by atoms with Crippen molar-refractivity contribution in [1.82, 2.24) is 5.32 Å². The van der Waals surface area contributed by atoms with Crippen LogP contribution in [0.25, 0.3) is 0 Å². The van der Waals surface area contributed by atoms with E-state index in [4.69, 9.17) is 16.3 Å². The fourth-order valence-electron chi connectivity index (χ4n) is 3.11. The summed E-state index contributed by atoms with van der Waals surface area (Å²) in [5, 5.41) is 3.41. The third-order valence-corrected chi connectivity index (χ3v) is 5.72. The number of carbonyl (C=O) groups is 2. The van der Waals surface area contributed by atoms with E-state index in [9.17, 15) is 9.59 Å². The molecule has 0 saturated carbocycles. The standard InChI is InChI=1S/C21H22ClNO3S/c1-14(16-5-3-7-18(22)10-16)23-20(24)12-26-21(25)13-27-19-9-8-15-4-2-6-17(15)11-19/h3,5,7-11,14H,2,4,6,12-13H2,1H3,(H,23,24)/t14-/m1/s1. The SMILES string of the molecule is C[C@@H](NC(=O)COC(=O)CSc1ccc2c(c1)CCC2)c1cccc(Cl)c1. The summed E-state index contributed by atoms with van der Waals surface area (Å²) in [6.45, 7) is 1.57. The summed E-state index contributed by atoms with van der Waals surface area (Å²) in [6, 6.07) is 13.4. The zero-order chi connectivity index (χ0) is 19.2. The predicted molar refractivity (Wildman–Crippen MR) is 108 cm³/mol. The topological polar surface area (TPSA) is 55.4 Å². The second kappa shape index (κ2) is 9.29. The number of esters is 1. The maximum Gasteiger partial charge on any atom is 0.316 e. The van der Waals surface area contributed by atoms with E-state index in [0.717, 1.165) is 23.3 Å². The van der Waals surface area contributed by atoms with E-state index in [1.54, 1.807) is 12.1 Å². The second-order valence-electron chi connectivity index (χ2n) is 6.58. The molecule has 3 rings (SSSR count). The largest absolute Gasteiger partial charge is 0.455 e. The molecule has 2 aromatic carbocycles. The fraction of sp³-hybridized carbons (Fsp3) is 0.333. The summed E-state index contributed by atoms with van der Waals surface area (Å²) < 4.78 is 5.08. The quantitative estimate of drug-likeness (QED) is 0.551. The van der Waals surface area contributed by atoms with Gasteiger partial charge in [0.15, 0.2) is 6.61 Å². The third-order valence-electron chi connectivity index (χ3n) is 4.52. The van der Waals surface area contributed by atoms with Crippen LogP contribution in [0.15, 0.2) is 47.4 Å². The van der Waals surface area contributed by atoms with Gasteiger partial charge < -0.3 is 10.1 Å². The first kappa shape index (κ1) is 19.8. The molecule has 1 aliphatic carbocycles. The zero-order valence-corrected chi connectivity index (χ0v) is 16.7. The van der Waals surface area contributed by atoms with Crippen LogP contribution in [0.2, 0.25) is 5.02 Å². The van der Waals surface area contributed by atoms with Crippen LogP contribution in [0.4, 0.5) is 0 Å². The van der Waals surface area contributed by atoms with Crippen molar-refractivity contribution in [1.29, 1.82) is 0 Å². The van der Waals surface area contributed by atoms with E-state index in [2.05, 4.69) is 17.4 Å². The van der Waals surface area contributed by atoms with E-state index in [0.29, 0.717) is 5.02 Å². The Labute approximate surface area is 168 Å². The van der Waals surface area contributed by atoms with Gasteiger partial charge in [-0.1, -0.05) is 29.8 Å². The Morgan fingerprint density at radius 1 is 1.19 bits per heavy atom. The second-order valence-corrected chi connectivity index (χ2v) is 8.06. The highest BCUT2D eigenvalue weighted by Crippen LogP contribution is 2.27. The van der Waals surface area contributed by atoms with Crippen molar-refractivity contribution < 1.29 is 14.3 Å². The van der Waals surface area contributed by atoms with Crippen molar-refractivity contribution in [3.8, 4) is 0 Å². The molecule has 0 aliphatic heterocycles. The van der Waals surface area contributed by atoms with Crippen LogP contribution in [0.3, 0.4) is 0 Å². The number of ether oxygens (including phenoxy) is 1. The van der Waals surface area contributed by atoms with E-state index in [1.807, 2.05) is 25.1 Å². The number of halogens is 1. The molecule has 4 nitrogen and oxygen atoms in total. The van der Waals surface area contributed by atoms with Gasteiger partial charge in [0.05, 0.1) is 11.8 Å². The van der Waals surface area contributed by atoms with Gasteiger partial charge >= 0.3 is 5.97 Å². The van der Waals surface area contributed by atoms with Crippen molar-refractivity contribution in [3.63, 3.8) is 0 Å². The van der Waals surface area contributed by atoms with Crippen LogP contribution in [0, 0.1) is 0 Å². The number of nitrogens with one attached hydrogen (secondary N) is 1. The molecule has 1 aliphatic rings. The molecule has 0 spiro atoms. The summed E-state index contributed by atoms with van der Waals surface area (Å²) in [7, 11) is 0. The van der Waals surface area contributed by atoms with Crippen LogP contribution < -0.4 is 5.32 Å². The molecule has 0 heterocycles. The smallest absolute Gasteiger partial charge is 0.316 e. The lowest BCUT2D eigenvalue weighted by Gasteiger charge is -2.14. The first-order chi connectivity index (χ1) is 13.0. The molecule has 0 bridgehead atoms. The average molecular weight is 404 g/mol. The minimum atomic E-state index is -0.397. The Hall–Kier alpha value is -1.98. The highest BCUT2D eigenvalue weighted by Gasteiger charge is 2.14. The lowest BCUT2D eigenvalue weighted by molar-refractivity contribution is -0.146. The van der Waals surface area contributed by atoms with Gasteiger partial charge in [-0.05, 0) is 67.1 Å². The van der Waals surface area contributed by atoms with Gasteiger partial charge in [0.2, 0.25) is 0 Å². The van der Waals surface area contributed by atoms with Gasteiger partial charge in [0.25, 0.3) is 5.91 Å². The first-order valence-corrected chi connectivity index (χ1v) is 10.3. The van der Waals surface area contributed by atoms with Gasteiger partial charge in [-0.3, -0.25) is 9.59 Å². The molecule has 27 heavy (non-hydrogen) atoms. The van der Waals surface area contributed by atoms with Crippen molar-refractivity contribution in [2.45, 2.75) is 37.1 Å². The lowest BCUT2D eigenvalue weighted by atomic mass is 10.1. The Morgan fingerprint density at radius 3 is 2.81 bits per heavy atom. The molecule has 0 saturated heterocycles. The van der Waals surface area contributed by atoms with E-state index in [1.165, 1.54) is 29.3 Å². The molecule has 1 atom stereocenters. The molecule has 1 N–H and O–H groups in total. The Kier molecular flexibility index (Phi) is 6.80. The molecule has 2 aromatic rings. The number of benzene rings is 2. The molecule has 0 fully saturated rings. The number of amides is 1. The van der Waals surface area contributed by atoms with Crippen LogP contribution in [0.5, 0.6) is 0 Å². The molecule has 0 radical (unpaired) electrons. The number of carbonyl (C=O) groups excluding carboxylic acids is 2. The summed E-state index contributed by atoms with van der Waals surface area (Å²) in [5.74, 6) is -0.542. The van der Waals surface area contributed by atoms with Gasteiger partial charge in [0, 0.05) is 9.92 Å². The number of hydrogen-bond donors (Lipinski definition) is 1. The van der Waals surface area contributed by atoms with E-state index in [-0.39, 0.29) is 24.3 Å². The summed E-state index contributed by atoms with van der Waals surface area (Å²) in [4.78, 5) is 25.0. The predicted octanol–water partition coefficient (Wildman–Crippen LogP) is 4.34. The number of hydrogen-bond acceptors (Lipinski definition) is 4. The van der Waals surface area contributed by atoms with Crippen molar-refractivity contribution >= 4 is 35.2 Å². The van der Waals surface area contributed by atoms with Crippen molar-refractivity contribution in [3.05, 3.63) is 64.2 Å². The van der Waals surface area contributed by atoms with Gasteiger partial charge in [-0.25, -0.2) is 0 Å². The number of thioether (sulfide) groups is 1. The Morgan fingerprint density at radius 2 is 2.00 bits per heavy atom. The zero-order valence-electron chi connectivity index (χ0n) is 15.2. The Bertz CT molecular complexity index is 840. The minimum absolute atomic E-state index is 0.190. The normalized spacial score (nSPS) is 13.7. The number of rotatable bonds is 7. The fourth-order valence-corrected chi connectivity index (χ4v) is 4.07. The third kappa shape index (κ3) is 5.75. The molecule has 6 heteroatoms. The molecule has 0 aromatic heterocycles. The van der Waals surface area contributed by atoms with Crippen LogP contribution in [-0.2, 0) is 27.2 Å². The van der Waals surface area contributed by atoms with Gasteiger partial charge in [-0.15, -0.1) is 11.8 Å². The molecular formula is C21H22ClNO3S. The maximum atomic E-state index is 12.0. The summed E-state index contributed by atoms with van der Waals surface area (Å²) in [5.41, 5.74) is 3.68. The highest BCUT2D eigenvalue weighted by molar-refractivity contribution is 8.00. The number of aryl methyl sites for hydroxylation is 2. The van der Waals surface area contributed by atoms with E-state index < -0.39 is 5.97 Å². The van der Waals surface area contributed by atoms with Crippen molar-refractivity contribution in [2.24, 2.45) is 0 Å². The highest BCUT2D eigenvalue weighted by atomic mass is 35.5. The summed E-state index contributed by atoms with van der Waals surface area (Å²) in [6.07, 6.45) is 3.46. The van der Waals surface area contributed by atoms with E-state index >= 15 is 0 Å². The molecule has 0 unspecified atom stereocenters. The minimum Gasteiger partial charge on any atom is -0.455 e. The average Bonchev–Trinajstić information content (AvgIpc) is 3.12. The van der Waals surface area contributed by atoms with Gasteiger partial charge in [-0.2, -0.15) is 0 Å². The maximum absolute atomic E-state index is 12.0. The van der Waals surface area contributed by atoms with Gasteiger partial charge in [0.1, 0.15) is 0 Å². The van der Waals surface area contributed by atoms with Crippen LogP contribution in [-0.4, -0.2) is 24.2 Å². The molecular weight excluding hydrogens is 382 g/mol. The lowest BCUT2D eigenvalue weighted by Crippen LogP contribution is -2.31. The molecule has 142 valence electrons. The monoisotopic (exact) mass is 403 g/mol. The van der Waals surface area contributed by atoms with Crippen LogP contribution in [0.1, 0.15) is 36.1 Å². The Balaban J connectivity index is 1.40. The molecule has 1 amide bonds. The first-order valence-electron chi connectivity index (χ1n) is 8.96.